The van der Waals surface area contributed by atoms with Crippen molar-refractivity contribution >= 4 is 10.0 Å². The molecule has 0 aliphatic heterocycles. The van der Waals surface area contributed by atoms with Crippen LogP contribution in [0.2, 0.25) is 0 Å². The van der Waals surface area contributed by atoms with Crippen LogP contribution in [0, 0.1) is 29.6 Å². The van der Waals surface area contributed by atoms with Crippen molar-refractivity contribution in [2.24, 2.45) is 0 Å². The fourth-order valence-electron chi connectivity index (χ4n) is 1.50. The number of nitriles is 2. The average Bonchev–Trinajstić information content (AvgIpc) is 2.35. The molecular weight excluding hydrogens is 250 g/mol. The van der Waals surface area contributed by atoms with Gasteiger partial charge in [-0.2, -0.15) is 14.8 Å². The Kier molecular flexibility index (Phi) is 4.43. The molecule has 0 N–H and O–H groups in total. The molecule has 5 nitrogen and oxygen atoms in total. The monoisotopic (exact) mass is 263 g/mol. The summed E-state index contributed by atoms with van der Waals surface area (Å²) in [6.07, 6.45) is 0.144. The highest BCUT2D eigenvalue weighted by atomic mass is 32.2. The Labute approximate surface area is 107 Å². The van der Waals surface area contributed by atoms with Gasteiger partial charge in [-0.3, -0.25) is 0 Å². The Morgan fingerprint density at radius 2 is 2.00 bits per heavy atom. The van der Waals surface area contributed by atoms with Crippen molar-refractivity contribution in [1.82, 2.24) is 4.31 Å². The van der Waals surface area contributed by atoms with Gasteiger partial charge in [0.2, 0.25) is 10.0 Å². The third kappa shape index (κ3) is 2.86. The first-order chi connectivity index (χ1) is 8.43. The summed E-state index contributed by atoms with van der Waals surface area (Å²) >= 11 is 0. The van der Waals surface area contributed by atoms with Crippen LogP contribution in [0.5, 0.6) is 0 Å². The second-order valence-corrected chi connectivity index (χ2v) is 5.84. The molecular formula is C12H13N3O2S. The zero-order valence-electron chi connectivity index (χ0n) is 10.2. The third-order valence-electron chi connectivity index (χ3n) is 2.53. The van der Waals surface area contributed by atoms with Gasteiger partial charge >= 0.3 is 0 Å². The van der Waals surface area contributed by atoms with Crippen molar-refractivity contribution in [3.63, 3.8) is 0 Å². The maximum atomic E-state index is 12.2. The number of aryl methyl sites for hydroxylation is 1. The summed E-state index contributed by atoms with van der Waals surface area (Å²) in [5.74, 6) is 0. The van der Waals surface area contributed by atoms with Crippen LogP contribution in [0.4, 0.5) is 0 Å². The molecule has 0 aromatic heterocycles. The van der Waals surface area contributed by atoms with Crippen molar-refractivity contribution in [1.29, 1.82) is 10.5 Å². The van der Waals surface area contributed by atoms with Crippen molar-refractivity contribution in [2.75, 3.05) is 13.6 Å². The fourth-order valence-corrected chi connectivity index (χ4v) is 2.88. The molecule has 0 unspecified atom stereocenters. The van der Waals surface area contributed by atoms with Crippen LogP contribution in [0.25, 0.3) is 0 Å². The molecule has 6 heteroatoms. The summed E-state index contributed by atoms with van der Waals surface area (Å²) in [5.41, 5.74) is 0.948. The maximum Gasteiger partial charge on any atom is 0.243 e. The Morgan fingerprint density at radius 3 is 2.50 bits per heavy atom. The number of rotatable bonds is 4. The topological polar surface area (TPSA) is 85.0 Å². The summed E-state index contributed by atoms with van der Waals surface area (Å²) < 4.78 is 25.5. The summed E-state index contributed by atoms with van der Waals surface area (Å²) in [4.78, 5) is 0.168. The largest absolute Gasteiger partial charge is 0.243 e. The summed E-state index contributed by atoms with van der Waals surface area (Å²) in [6, 6.07) is 8.29. The van der Waals surface area contributed by atoms with E-state index in [4.69, 9.17) is 10.5 Å². The predicted octanol–water partition coefficient (Wildman–Crippen LogP) is 1.40. The first-order valence-electron chi connectivity index (χ1n) is 5.27. The van der Waals surface area contributed by atoms with Crippen molar-refractivity contribution in [3.8, 4) is 12.1 Å². The number of benzene rings is 1. The molecule has 18 heavy (non-hydrogen) atoms. The normalized spacial score (nSPS) is 10.9. The second-order valence-electron chi connectivity index (χ2n) is 3.83. The first-order valence-corrected chi connectivity index (χ1v) is 6.71. The Balaban J connectivity index is 3.14. The molecule has 0 amide bonds. The molecule has 0 fully saturated rings. The SMILES string of the molecule is Cc1cc(C#N)ccc1S(=O)(=O)N(C)CCC#N. The van der Waals surface area contributed by atoms with E-state index in [1.807, 2.05) is 12.1 Å². The Bertz CT molecular complexity index is 624. The van der Waals surface area contributed by atoms with E-state index >= 15 is 0 Å². The van der Waals surface area contributed by atoms with Crippen LogP contribution < -0.4 is 0 Å². The molecule has 0 spiro atoms. The van der Waals surface area contributed by atoms with Gasteiger partial charge in [-0.05, 0) is 30.7 Å². The van der Waals surface area contributed by atoms with Gasteiger partial charge in [0.05, 0.1) is 22.6 Å². The minimum absolute atomic E-state index is 0.144. The minimum Gasteiger partial charge on any atom is -0.207 e. The Hall–Kier alpha value is -1.89. The molecule has 0 heterocycles. The van der Waals surface area contributed by atoms with Crippen LogP contribution in [-0.2, 0) is 10.0 Å². The van der Waals surface area contributed by atoms with Crippen LogP contribution in [0.1, 0.15) is 17.5 Å². The Morgan fingerprint density at radius 1 is 1.33 bits per heavy atom. The van der Waals surface area contributed by atoms with Crippen LogP contribution in [0.3, 0.4) is 0 Å². The van der Waals surface area contributed by atoms with E-state index in [1.54, 1.807) is 6.92 Å². The van der Waals surface area contributed by atoms with Gasteiger partial charge in [-0.1, -0.05) is 0 Å². The summed E-state index contributed by atoms with van der Waals surface area (Å²) in [6.45, 7) is 1.80. The molecule has 0 saturated heterocycles. The summed E-state index contributed by atoms with van der Waals surface area (Å²) in [7, 11) is -2.16. The molecule has 0 saturated carbocycles. The highest BCUT2D eigenvalue weighted by Gasteiger charge is 2.22. The zero-order chi connectivity index (χ0) is 13.8. The molecule has 0 aliphatic rings. The number of sulfonamides is 1. The lowest BCUT2D eigenvalue weighted by Crippen LogP contribution is -2.28. The van der Waals surface area contributed by atoms with Gasteiger partial charge in [-0.25, -0.2) is 8.42 Å². The van der Waals surface area contributed by atoms with E-state index in [1.165, 1.54) is 25.2 Å². The van der Waals surface area contributed by atoms with Crippen LogP contribution >= 0.6 is 0 Å². The van der Waals surface area contributed by atoms with Crippen LogP contribution in [0.15, 0.2) is 23.1 Å². The van der Waals surface area contributed by atoms with Crippen molar-refractivity contribution in [2.45, 2.75) is 18.2 Å². The number of nitrogens with zero attached hydrogens (tertiary/aromatic N) is 3. The predicted molar refractivity (Wildman–Crippen MR) is 65.9 cm³/mol. The highest BCUT2D eigenvalue weighted by Crippen LogP contribution is 2.20. The van der Waals surface area contributed by atoms with Gasteiger partial charge in [0, 0.05) is 20.0 Å². The van der Waals surface area contributed by atoms with E-state index in [2.05, 4.69) is 0 Å². The standard InChI is InChI=1S/C12H13N3O2S/c1-10-8-11(9-14)4-5-12(10)18(16,17)15(2)7-3-6-13/h4-5,8H,3,7H2,1-2H3. The lowest BCUT2D eigenvalue weighted by atomic mass is 10.2. The smallest absolute Gasteiger partial charge is 0.207 e. The van der Waals surface area contributed by atoms with Gasteiger partial charge in [-0.15, -0.1) is 0 Å². The van der Waals surface area contributed by atoms with Crippen molar-refractivity contribution in [3.05, 3.63) is 29.3 Å². The molecule has 94 valence electrons. The molecule has 0 bridgehead atoms. The zero-order valence-corrected chi connectivity index (χ0v) is 11.0. The second kappa shape index (κ2) is 5.63. The first kappa shape index (κ1) is 14.2. The molecule has 1 rings (SSSR count). The lowest BCUT2D eigenvalue weighted by molar-refractivity contribution is 0.476. The minimum atomic E-state index is -3.59. The maximum absolute atomic E-state index is 12.2. The van der Waals surface area contributed by atoms with Crippen LogP contribution in [-0.4, -0.2) is 26.3 Å². The van der Waals surface area contributed by atoms with E-state index in [-0.39, 0.29) is 17.9 Å². The average molecular weight is 263 g/mol. The summed E-state index contributed by atoms with van der Waals surface area (Å²) in [5, 5.41) is 17.2. The molecule has 0 aliphatic carbocycles. The lowest BCUT2D eigenvalue weighted by Gasteiger charge is -2.17. The molecule has 0 radical (unpaired) electrons. The molecule has 0 atom stereocenters. The van der Waals surface area contributed by atoms with Crippen molar-refractivity contribution < 1.29 is 8.42 Å². The van der Waals surface area contributed by atoms with Gasteiger partial charge in [0.25, 0.3) is 0 Å². The highest BCUT2D eigenvalue weighted by molar-refractivity contribution is 7.89. The van der Waals surface area contributed by atoms with Gasteiger partial charge in [0.15, 0.2) is 0 Å². The molecule has 1 aromatic rings. The van der Waals surface area contributed by atoms with Gasteiger partial charge in [0.1, 0.15) is 0 Å². The molecule has 1 aromatic carbocycles. The fraction of sp³-hybridized carbons (Fsp3) is 0.333. The number of hydrogen-bond donors (Lipinski definition) is 0. The van der Waals surface area contributed by atoms with E-state index in [9.17, 15) is 8.42 Å². The third-order valence-corrected chi connectivity index (χ3v) is 4.55. The quantitative estimate of drug-likeness (QED) is 0.821. The van der Waals surface area contributed by atoms with E-state index in [0.29, 0.717) is 11.1 Å². The van der Waals surface area contributed by atoms with Gasteiger partial charge < -0.3 is 0 Å². The van der Waals surface area contributed by atoms with E-state index in [0.717, 1.165) is 4.31 Å². The number of hydrogen-bond acceptors (Lipinski definition) is 4. The van der Waals surface area contributed by atoms with E-state index < -0.39 is 10.0 Å².